The number of piperidine rings is 1. The van der Waals surface area contributed by atoms with Crippen LogP contribution in [0.25, 0.3) is 21.8 Å². The SMILES string of the molecule is COC(=O)c1ccc(-c2csc(N3[C@@H]4CC[C@H]3CC(OCc3c(-c5ccccc5OC(F)(F)F)noc3C3CC3)C4)n2)s1. The Morgan fingerprint density at radius 3 is 2.58 bits per heavy atom. The fourth-order valence-corrected chi connectivity index (χ4v) is 8.10. The number of anilines is 1. The van der Waals surface area contributed by atoms with E-state index in [4.69, 9.17) is 19.0 Å². The molecule has 0 N–H and O–H groups in total. The van der Waals surface area contributed by atoms with E-state index < -0.39 is 6.36 Å². The minimum Gasteiger partial charge on any atom is -0.465 e. The van der Waals surface area contributed by atoms with E-state index in [0.717, 1.165) is 54.2 Å². The van der Waals surface area contributed by atoms with E-state index >= 15 is 0 Å². The molecule has 1 unspecified atom stereocenters. The van der Waals surface area contributed by atoms with Crippen molar-refractivity contribution in [3.63, 3.8) is 0 Å². The Balaban J connectivity index is 1.06. The van der Waals surface area contributed by atoms with Crippen LogP contribution in [0.15, 0.2) is 46.3 Å². The van der Waals surface area contributed by atoms with Gasteiger partial charge in [0.25, 0.3) is 0 Å². The Labute approximate surface area is 253 Å². The first-order valence-corrected chi connectivity index (χ1v) is 15.8. The molecular formula is C30H28F3N3O5S2. The third kappa shape index (κ3) is 5.77. The lowest BCUT2D eigenvalue weighted by molar-refractivity contribution is -0.274. The highest BCUT2D eigenvalue weighted by Crippen LogP contribution is 2.47. The molecular weight excluding hydrogens is 603 g/mol. The van der Waals surface area contributed by atoms with Gasteiger partial charge in [-0.05, 0) is 62.8 Å². The minimum atomic E-state index is -4.82. The Morgan fingerprint density at radius 2 is 1.86 bits per heavy atom. The third-order valence-corrected chi connectivity index (χ3v) is 10.2. The lowest BCUT2D eigenvalue weighted by Crippen LogP contribution is -2.45. The molecule has 2 saturated heterocycles. The maximum atomic E-state index is 13.1. The molecule has 3 aromatic heterocycles. The van der Waals surface area contributed by atoms with E-state index in [0.29, 0.717) is 21.9 Å². The van der Waals surface area contributed by atoms with Gasteiger partial charge >= 0.3 is 12.3 Å². The highest BCUT2D eigenvalue weighted by molar-refractivity contribution is 7.18. The predicted molar refractivity (Wildman–Crippen MR) is 154 cm³/mol. The number of nitrogens with zero attached hydrogens (tertiary/aromatic N) is 3. The summed E-state index contributed by atoms with van der Waals surface area (Å²) in [6, 6.07) is 10.2. The number of halogens is 3. The number of fused-ring (bicyclic) bond motifs is 2. The van der Waals surface area contributed by atoms with Gasteiger partial charge in [-0.25, -0.2) is 9.78 Å². The number of benzene rings is 1. The summed E-state index contributed by atoms with van der Waals surface area (Å²) in [5.41, 5.74) is 2.11. The summed E-state index contributed by atoms with van der Waals surface area (Å²) in [4.78, 5) is 20.7. The molecule has 5 heterocycles. The second kappa shape index (κ2) is 11.3. The van der Waals surface area contributed by atoms with Crippen LogP contribution < -0.4 is 9.64 Å². The number of para-hydroxylation sites is 1. The molecule has 7 rings (SSSR count). The number of esters is 1. The van der Waals surface area contributed by atoms with Crippen molar-refractivity contribution in [2.75, 3.05) is 12.0 Å². The molecule has 2 bridgehead atoms. The van der Waals surface area contributed by atoms with Crippen LogP contribution in [0.4, 0.5) is 18.3 Å². The standard InChI is InChI=1S/C30H28F3N3O5S2/c1-38-28(37)25-11-10-24(43-25)22-15-42-29(34-22)36-17-8-9-18(36)13-19(12-17)39-14-21-26(35-41-27(21)16-6-7-16)20-4-2-3-5-23(20)40-30(31,32)33/h2-5,10-11,15-19H,6-9,12-14H2,1H3/t17-,18+,19?. The number of hydrogen-bond donors (Lipinski definition) is 0. The second-order valence-corrected chi connectivity index (χ2v) is 13.0. The fraction of sp³-hybridized carbons (Fsp3) is 0.433. The zero-order chi connectivity index (χ0) is 29.7. The Hall–Kier alpha value is -3.42. The van der Waals surface area contributed by atoms with Gasteiger partial charge in [0.05, 0.1) is 30.4 Å². The van der Waals surface area contributed by atoms with Crippen LogP contribution in [0.3, 0.4) is 0 Å². The number of thiophene rings is 1. The first-order valence-electron chi connectivity index (χ1n) is 14.1. The summed E-state index contributed by atoms with van der Waals surface area (Å²) in [6.07, 6.45) is 0.805. The lowest BCUT2D eigenvalue weighted by Gasteiger charge is -2.38. The number of carbonyl (C=O) groups excluding carboxylic acids is 1. The van der Waals surface area contributed by atoms with Gasteiger partial charge < -0.3 is 23.6 Å². The van der Waals surface area contributed by atoms with Gasteiger partial charge in [0.15, 0.2) is 5.13 Å². The van der Waals surface area contributed by atoms with Gasteiger partial charge in [-0.1, -0.05) is 17.3 Å². The van der Waals surface area contributed by atoms with Crippen molar-refractivity contribution in [3.05, 3.63) is 58.0 Å². The topological polar surface area (TPSA) is 86.9 Å². The molecule has 8 nitrogen and oxygen atoms in total. The largest absolute Gasteiger partial charge is 0.573 e. The Morgan fingerprint density at radius 1 is 1.09 bits per heavy atom. The first-order chi connectivity index (χ1) is 20.8. The monoisotopic (exact) mass is 631 g/mol. The number of rotatable bonds is 9. The number of alkyl halides is 3. The van der Waals surface area contributed by atoms with Crippen molar-refractivity contribution in [1.82, 2.24) is 10.1 Å². The summed E-state index contributed by atoms with van der Waals surface area (Å²) in [5.74, 6) is 0.231. The second-order valence-electron chi connectivity index (χ2n) is 11.1. The van der Waals surface area contributed by atoms with Crippen molar-refractivity contribution in [3.8, 4) is 27.6 Å². The van der Waals surface area contributed by atoms with E-state index in [1.54, 1.807) is 29.5 Å². The van der Waals surface area contributed by atoms with Crippen molar-refractivity contribution in [2.24, 2.45) is 0 Å². The normalized spacial score (nSPS) is 21.8. The average Bonchev–Trinajstić information content (AvgIpc) is 3.31. The molecule has 0 spiro atoms. The molecule has 3 fully saturated rings. The zero-order valence-corrected chi connectivity index (χ0v) is 24.8. The molecule has 4 aromatic rings. The summed E-state index contributed by atoms with van der Waals surface area (Å²) < 4.78 is 60.7. The maximum absolute atomic E-state index is 13.1. The molecule has 1 aromatic carbocycles. The molecule has 0 amide bonds. The van der Waals surface area contributed by atoms with E-state index in [-0.39, 0.29) is 48.0 Å². The van der Waals surface area contributed by atoms with Crippen LogP contribution in [0.1, 0.15) is 65.4 Å². The molecule has 0 radical (unpaired) electrons. The van der Waals surface area contributed by atoms with E-state index in [2.05, 4.69) is 14.8 Å². The molecule has 2 aliphatic heterocycles. The molecule has 226 valence electrons. The average molecular weight is 632 g/mol. The number of carbonyl (C=O) groups is 1. The van der Waals surface area contributed by atoms with Crippen LogP contribution in [0, 0.1) is 0 Å². The Bertz CT molecular complexity index is 1610. The summed E-state index contributed by atoms with van der Waals surface area (Å²) in [5, 5.41) is 7.19. The number of ether oxygens (including phenoxy) is 3. The maximum Gasteiger partial charge on any atom is 0.573 e. The van der Waals surface area contributed by atoms with Crippen LogP contribution in [-0.4, -0.2) is 47.8 Å². The van der Waals surface area contributed by atoms with Gasteiger partial charge in [-0.3, -0.25) is 0 Å². The molecule has 3 aliphatic rings. The van der Waals surface area contributed by atoms with Gasteiger partial charge in [-0.2, -0.15) is 0 Å². The number of thiazole rings is 1. The Kier molecular flexibility index (Phi) is 7.42. The smallest absolute Gasteiger partial charge is 0.465 e. The zero-order valence-electron chi connectivity index (χ0n) is 23.1. The molecule has 13 heteroatoms. The molecule has 3 atom stereocenters. The molecule has 1 aliphatic carbocycles. The number of aromatic nitrogens is 2. The number of methoxy groups -OCH3 is 1. The van der Waals surface area contributed by atoms with Crippen LogP contribution >= 0.6 is 22.7 Å². The highest BCUT2D eigenvalue weighted by atomic mass is 32.1. The summed E-state index contributed by atoms with van der Waals surface area (Å²) >= 11 is 2.97. The fourth-order valence-electron chi connectivity index (χ4n) is 6.17. The summed E-state index contributed by atoms with van der Waals surface area (Å²) in [6.45, 7) is 0.206. The molecule has 1 saturated carbocycles. The minimum absolute atomic E-state index is 0.00966. The van der Waals surface area contributed by atoms with Crippen LogP contribution in [0.2, 0.25) is 0 Å². The van der Waals surface area contributed by atoms with Gasteiger partial charge in [-0.15, -0.1) is 35.8 Å². The van der Waals surface area contributed by atoms with E-state index in [1.165, 1.54) is 30.6 Å². The third-order valence-electron chi connectivity index (χ3n) is 8.25. The highest BCUT2D eigenvalue weighted by Gasteiger charge is 2.43. The quantitative estimate of drug-likeness (QED) is 0.173. The first kappa shape index (κ1) is 28.4. The predicted octanol–water partition coefficient (Wildman–Crippen LogP) is 7.81. The van der Waals surface area contributed by atoms with Crippen molar-refractivity contribution in [2.45, 2.75) is 75.6 Å². The van der Waals surface area contributed by atoms with Crippen molar-refractivity contribution < 1.29 is 36.7 Å². The van der Waals surface area contributed by atoms with E-state index in [9.17, 15) is 18.0 Å². The van der Waals surface area contributed by atoms with E-state index in [1.807, 2.05) is 11.4 Å². The summed E-state index contributed by atoms with van der Waals surface area (Å²) in [7, 11) is 1.37. The van der Waals surface area contributed by atoms with Crippen LogP contribution in [-0.2, 0) is 16.1 Å². The van der Waals surface area contributed by atoms with Gasteiger partial charge in [0.2, 0.25) is 0 Å². The van der Waals surface area contributed by atoms with Crippen molar-refractivity contribution >= 4 is 33.8 Å². The molecule has 43 heavy (non-hydrogen) atoms. The number of hydrogen-bond acceptors (Lipinski definition) is 10. The van der Waals surface area contributed by atoms with Crippen LogP contribution in [0.5, 0.6) is 5.75 Å². The van der Waals surface area contributed by atoms with Gasteiger partial charge in [0, 0.05) is 34.5 Å². The van der Waals surface area contributed by atoms with Gasteiger partial charge in [0.1, 0.15) is 22.1 Å². The van der Waals surface area contributed by atoms with Crippen molar-refractivity contribution in [1.29, 1.82) is 0 Å². The lowest BCUT2D eigenvalue weighted by atomic mass is 10.00.